The number of carboxylic acid groups (broad SMARTS) is 1. The van der Waals surface area contributed by atoms with Crippen molar-refractivity contribution in [1.82, 2.24) is 19.0 Å². The molecule has 0 aromatic carbocycles. The Balaban J connectivity index is 1.70. The van der Waals surface area contributed by atoms with Crippen LogP contribution in [0.4, 0.5) is 0 Å². The van der Waals surface area contributed by atoms with Crippen LogP contribution in [0.3, 0.4) is 0 Å². The molecular formula is C17H22N4O3. The lowest BCUT2D eigenvalue weighted by Gasteiger charge is -2.40. The minimum Gasteiger partial charge on any atom is -0.479 e. The SMILES string of the molecule is Cc1nccn1C1(C(=O)O)CCN(C(=O)Cc2ccn(C)c2)CC1. The maximum absolute atomic E-state index is 12.5. The minimum atomic E-state index is -1.01. The van der Waals surface area contributed by atoms with Crippen LogP contribution in [0, 0.1) is 6.92 Å². The van der Waals surface area contributed by atoms with Gasteiger partial charge in [0.2, 0.25) is 5.91 Å². The zero-order valence-electron chi connectivity index (χ0n) is 14.0. The van der Waals surface area contributed by atoms with Crippen molar-refractivity contribution in [3.05, 3.63) is 42.2 Å². The summed E-state index contributed by atoms with van der Waals surface area (Å²) in [5.74, 6) is -0.136. The standard InChI is InChI=1S/C17H22N4O3/c1-13-18-6-10-21(13)17(16(23)24)4-8-20(9-5-17)15(22)11-14-3-7-19(2)12-14/h3,6-7,10,12H,4-5,8-9,11H2,1-2H3,(H,23,24). The normalized spacial score (nSPS) is 17.0. The van der Waals surface area contributed by atoms with Crippen molar-refractivity contribution >= 4 is 11.9 Å². The Morgan fingerprint density at radius 2 is 2.00 bits per heavy atom. The maximum atomic E-state index is 12.5. The van der Waals surface area contributed by atoms with Crippen LogP contribution >= 0.6 is 0 Å². The number of hydrogen-bond acceptors (Lipinski definition) is 3. The van der Waals surface area contributed by atoms with Crippen LogP contribution in [0.2, 0.25) is 0 Å². The Labute approximate surface area is 140 Å². The topological polar surface area (TPSA) is 80.4 Å². The smallest absolute Gasteiger partial charge is 0.330 e. The summed E-state index contributed by atoms with van der Waals surface area (Å²) in [6.45, 7) is 2.68. The fraction of sp³-hybridized carbons (Fsp3) is 0.471. The van der Waals surface area contributed by atoms with Gasteiger partial charge < -0.3 is 19.1 Å². The number of carbonyl (C=O) groups excluding carboxylic acids is 1. The van der Waals surface area contributed by atoms with Gasteiger partial charge in [0.25, 0.3) is 0 Å². The number of imidazole rings is 1. The van der Waals surface area contributed by atoms with E-state index in [0.29, 0.717) is 38.2 Å². The fourth-order valence-electron chi connectivity index (χ4n) is 3.47. The van der Waals surface area contributed by atoms with E-state index in [-0.39, 0.29) is 5.91 Å². The van der Waals surface area contributed by atoms with Gasteiger partial charge in [-0.15, -0.1) is 0 Å². The Kier molecular flexibility index (Phi) is 4.17. The van der Waals surface area contributed by atoms with Crippen molar-refractivity contribution < 1.29 is 14.7 Å². The van der Waals surface area contributed by atoms with Crippen molar-refractivity contribution in [2.24, 2.45) is 7.05 Å². The van der Waals surface area contributed by atoms with E-state index in [4.69, 9.17) is 0 Å². The molecule has 24 heavy (non-hydrogen) atoms. The number of rotatable bonds is 4. The van der Waals surface area contributed by atoms with Gasteiger partial charge in [0, 0.05) is 44.9 Å². The summed E-state index contributed by atoms with van der Waals surface area (Å²) in [6.07, 6.45) is 8.30. The lowest BCUT2D eigenvalue weighted by molar-refractivity contribution is -0.152. The molecule has 0 radical (unpaired) electrons. The van der Waals surface area contributed by atoms with Crippen molar-refractivity contribution in [3.63, 3.8) is 0 Å². The van der Waals surface area contributed by atoms with E-state index in [1.165, 1.54) is 0 Å². The third-order valence-electron chi connectivity index (χ3n) is 4.88. The van der Waals surface area contributed by atoms with Crippen molar-refractivity contribution in [3.8, 4) is 0 Å². The molecule has 1 N–H and O–H groups in total. The molecule has 1 saturated heterocycles. The Morgan fingerprint density at radius 1 is 1.29 bits per heavy atom. The molecule has 1 fully saturated rings. The first-order valence-corrected chi connectivity index (χ1v) is 8.05. The number of carboxylic acids is 1. The molecule has 1 amide bonds. The van der Waals surface area contributed by atoms with Gasteiger partial charge in [-0.3, -0.25) is 4.79 Å². The first-order chi connectivity index (χ1) is 11.4. The first kappa shape index (κ1) is 16.3. The molecule has 3 rings (SSSR count). The monoisotopic (exact) mass is 330 g/mol. The largest absolute Gasteiger partial charge is 0.479 e. The summed E-state index contributed by atoms with van der Waals surface area (Å²) in [4.78, 5) is 30.3. The molecule has 2 aromatic heterocycles. The quantitative estimate of drug-likeness (QED) is 0.913. The predicted octanol–water partition coefficient (Wildman–Crippen LogP) is 1.18. The Morgan fingerprint density at radius 3 is 2.50 bits per heavy atom. The molecule has 0 bridgehead atoms. The number of aryl methyl sites for hydroxylation is 2. The highest BCUT2D eigenvalue weighted by atomic mass is 16.4. The molecule has 0 spiro atoms. The molecule has 0 unspecified atom stereocenters. The highest BCUT2D eigenvalue weighted by Gasteiger charge is 2.44. The predicted molar refractivity (Wildman–Crippen MR) is 87.5 cm³/mol. The number of carbonyl (C=O) groups is 2. The summed E-state index contributed by atoms with van der Waals surface area (Å²) in [6, 6.07) is 1.93. The number of piperidine rings is 1. The summed E-state index contributed by atoms with van der Waals surface area (Å²) >= 11 is 0. The summed E-state index contributed by atoms with van der Waals surface area (Å²) in [5, 5.41) is 9.79. The second-order valence-corrected chi connectivity index (χ2v) is 6.42. The third-order valence-corrected chi connectivity index (χ3v) is 4.88. The van der Waals surface area contributed by atoms with Crippen molar-refractivity contribution in [2.45, 2.75) is 31.7 Å². The van der Waals surface area contributed by atoms with Gasteiger partial charge in [0.1, 0.15) is 11.4 Å². The molecule has 1 aliphatic heterocycles. The maximum Gasteiger partial charge on any atom is 0.330 e. The average molecular weight is 330 g/mol. The molecule has 3 heterocycles. The second kappa shape index (κ2) is 6.14. The highest BCUT2D eigenvalue weighted by molar-refractivity contribution is 5.80. The molecule has 0 aliphatic carbocycles. The van der Waals surface area contributed by atoms with Crippen LogP contribution < -0.4 is 0 Å². The first-order valence-electron chi connectivity index (χ1n) is 8.05. The zero-order chi connectivity index (χ0) is 17.3. The lowest BCUT2D eigenvalue weighted by Crippen LogP contribution is -2.52. The van der Waals surface area contributed by atoms with E-state index >= 15 is 0 Å². The van der Waals surface area contributed by atoms with Gasteiger partial charge in [-0.25, -0.2) is 9.78 Å². The van der Waals surface area contributed by atoms with E-state index in [1.54, 1.807) is 28.8 Å². The summed E-state index contributed by atoms with van der Waals surface area (Å²) in [7, 11) is 1.92. The fourth-order valence-corrected chi connectivity index (χ4v) is 3.47. The molecule has 1 aliphatic rings. The van der Waals surface area contributed by atoms with E-state index < -0.39 is 11.5 Å². The van der Waals surface area contributed by atoms with Gasteiger partial charge in [-0.2, -0.15) is 0 Å². The second-order valence-electron chi connectivity index (χ2n) is 6.42. The lowest BCUT2D eigenvalue weighted by atomic mass is 9.86. The van der Waals surface area contributed by atoms with Crippen LogP contribution in [0.25, 0.3) is 0 Å². The van der Waals surface area contributed by atoms with Crippen molar-refractivity contribution in [1.29, 1.82) is 0 Å². The van der Waals surface area contributed by atoms with E-state index in [1.807, 2.05) is 30.1 Å². The summed E-state index contributed by atoms with van der Waals surface area (Å²) < 4.78 is 3.64. The summed E-state index contributed by atoms with van der Waals surface area (Å²) in [5.41, 5.74) is -0.0348. The molecule has 0 saturated carbocycles. The number of aromatic nitrogens is 3. The highest BCUT2D eigenvalue weighted by Crippen LogP contribution is 2.32. The number of amides is 1. The molecule has 7 heteroatoms. The van der Waals surface area contributed by atoms with Crippen LogP contribution in [-0.4, -0.2) is 49.1 Å². The van der Waals surface area contributed by atoms with E-state index in [0.717, 1.165) is 5.56 Å². The van der Waals surface area contributed by atoms with Gasteiger partial charge in [-0.05, 0) is 31.4 Å². The van der Waals surface area contributed by atoms with Crippen LogP contribution in [0.15, 0.2) is 30.9 Å². The number of aliphatic carboxylic acids is 1. The number of likely N-dealkylation sites (tertiary alicyclic amines) is 1. The van der Waals surface area contributed by atoms with Gasteiger partial charge in [-0.1, -0.05) is 0 Å². The van der Waals surface area contributed by atoms with Crippen LogP contribution in [0.5, 0.6) is 0 Å². The Bertz CT molecular complexity index is 753. The molecule has 128 valence electrons. The van der Waals surface area contributed by atoms with E-state index in [9.17, 15) is 14.7 Å². The van der Waals surface area contributed by atoms with Crippen LogP contribution in [0.1, 0.15) is 24.2 Å². The van der Waals surface area contributed by atoms with Gasteiger partial charge in [0.05, 0.1) is 6.42 Å². The average Bonchev–Trinajstić information content (AvgIpc) is 3.16. The molecule has 2 aromatic rings. The zero-order valence-corrected chi connectivity index (χ0v) is 14.0. The molecule has 7 nitrogen and oxygen atoms in total. The number of nitrogens with zero attached hydrogens (tertiary/aromatic N) is 4. The van der Waals surface area contributed by atoms with Gasteiger partial charge >= 0.3 is 5.97 Å². The molecular weight excluding hydrogens is 308 g/mol. The minimum absolute atomic E-state index is 0.0440. The van der Waals surface area contributed by atoms with Gasteiger partial charge in [0.15, 0.2) is 0 Å². The molecule has 0 atom stereocenters. The van der Waals surface area contributed by atoms with Crippen LogP contribution in [-0.2, 0) is 28.6 Å². The van der Waals surface area contributed by atoms with Crippen molar-refractivity contribution in [2.75, 3.05) is 13.1 Å². The third kappa shape index (κ3) is 2.81. The number of hydrogen-bond donors (Lipinski definition) is 1. The van der Waals surface area contributed by atoms with E-state index in [2.05, 4.69) is 4.98 Å². The Hall–Kier alpha value is -2.57.